The fraction of sp³-hybridized carbons (Fsp3) is 0.235. The fourth-order valence-electron chi connectivity index (χ4n) is 2.69. The number of para-hydroxylation sites is 1. The van der Waals surface area contributed by atoms with Gasteiger partial charge < -0.3 is 0 Å². The van der Waals surface area contributed by atoms with E-state index in [4.69, 9.17) is 0 Å². The molecule has 0 bridgehead atoms. The number of hydrogen-bond acceptors (Lipinski definition) is 4. The quantitative estimate of drug-likeness (QED) is 0.808. The van der Waals surface area contributed by atoms with Crippen molar-refractivity contribution in [3.8, 4) is 0 Å². The van der Waals surface area contributed by atoms with Gasteiger partial charge in [-0.2, -0.15) is 0 Å². The molecule has 5 nitrogen and oxygen atoms in total. The average Bonchev–Trinajstić information content (AvgIpc) is 2.84. The summed E-state index contributed by atoms with van der Waals surface area (Å²) in [5.74, 6) is -0.310. The number of likely N-dealkylation sites (N-methyl/N-ethyl adjacent to an activating group) is 1. The van der Waals surface area contributed by atoms with Gasteiger partial charge in [0.15, 0.2) is 0 Å². The lowest BCUT2D eigenvalue weighted by atomic mass is 10.2. The van der Waals surface area contributed by atoms with Gasteiger partial charge in [-0.1, -0.05) is 18.2 Å². The van der Waals surface area contributed by atoms with Gasteiger partial charge in [-0.3, -0.25) is 19.5 Å². The van der Waals surface area contributed by atoms with Crippen LogP contribution >= 0.6 is 0 Å². The molecule has 0 saturated carbocycles. The second-order valence-electron chi connectivity index (χ2n) is 5.39. The van der Waals surface area contributed by atoms with Crippen LogP contribution in [0, 0.1) is 0 Å². The summed E-state index contributed by atoms with van der Waals surface area (Å²) in [6.45, 7) is 0.606. The Kier molecular flexibility index (Phi) is 3.98. The van der Waals surface area contributed by atoms with Gasteiger partial charge >= 0.3 is 0 Å². The van der Waals surface area contributed by atoms with Crippen molar-refractivity contribution in [1.82, 2.24) is 9.88 Å². The minimum absolute atomic E-state index is 0.150. The number of hydrogen-bond donors (Lipinski definition) is 0. The molecule has 0 radical (unpaired) electrons. The number of pyridine rings is 1. The molecule has 0 unspecified atom stereocenters. The van der Waals surface area contributed by atoms with Gasteiger partial charge in [-0.15, -0.1) is 0 Å². The number of carbonyl (C=O) groups is 2. The third-order valence-electron chi connectivity index (χ3n) is 3.85. The van der Waals surface area contributed by atoms with Crippen LogP contribution in [0.1, 0.15) is 12.0 Å². The summed E-state index contributed by atoms with van der Waals surface area (Å²) in [7, 11) is 1.87. The van der Waals surface area contributed by atoms with Crippen LogP contribution in [0.25, 0.3) is 0 Å². The van der Waals surface area contributed by atoms with Crippen LogP contribution in [0.15, 0.2) is 54.9 Å². The van der Waals surface area contributed by atoms with E-state index in [1.54, 1.807) is 24.5 Å². The normalized spacial score (nSPS) is 18.3. The maximum Gasteiger partial charge on any atom is 0.251 e. The van der Waals surface area contributed by atoms with E-state index in [9.17, 15) is 9.59 Å². The van der Waals surface area contributed by atoms with E-state index in [1.165, 1.54) is 4.90 Å². The van der Waals surface area contributed by atoms with Crippen molar-refractivity contribution in [2.75, 3.05) is 11.9 Å². The second-order valence-corrected chi connectivity index (χ2v) is 5.39. The molecule has 0 aliphatic carbocycles. The molecule has 0 spiro atoms. The van der Waals surface area contributed by atoms with Crippen LogP contribution < -0.4 is 4.90 Å². The zero-order valence-electron chi connectivity index (χ0n) is 12.3. The fourth-order valence-corrected chi connectivity index (χ4v) is 2.69. The lowest BCUT2D eigenvalue weighted by Gasteiger charge is -2.22. The number of imide groups is 1. The third-order valence-corrected chi connectivity index (χ3v) is 3.85. The first-order valence-electron chi connectivity index (χ1n) is 7.18. The van der Waals surface area contributed by atoms with Crippen molar-refractivity contribution in [3.63, 3.8) is 0 Å². The van der Waals surface area contributed by atoms with Crippen LogP contribution in [-0.2, 0) is 16.1 Å². The Morgan fingerprint density at radius 2 is 1.82 bits per heavy atom. The van der Waals surface area contributed by atoms with Crippen LogP contribution in [-0.4, -0.2) is 34.8 Å². The molecule has 1 aliphatic heterocycles. The molecule has 5 heteroatoms. The lowest BCUT2D eigenvalue weighted by Crippen LogP contribution is -2.39. The number of aromatic nitrogens is 1. The molecule has 1 aromatic carbocycles. The molecule has 1 fully saturated rings. The summed E-state index contributed by atoms with van der Waals surface area (Å²) in [6.07, 6.45) is 3.66. The summed E-state index contributed by atoms with van der Waals surface area (Å²) in [4.78, 5) is 32.0. The molecular weight excluding hydrogens is 278 g/mol. The van der Waals surface area contributed by atoms with Crippen LogP contribution in [0.2, 0.25) is 0 Å². The number of amides is 2. The molecule has 112 valence electrons. The number of anilines is 1. The Morgan fingerprint density at radius 1 is 1.14 bits per heavy atom. The minimum Gasteiger partial charge on any atom is -0.290 e. The van der Waals surface area contributed by atoms with Crippen LogP contribution in [0.3, 0.4) is 0 Å². The average molecular weight is 295 g/mol. The molecule has 1 aromatic heterocycles. The summed E-state index contributed by atoms with van der Waals surface area (Å²) in [6, 6.07) is 12.5. The molecule has 1 saturated heterocycles. The van der Waals surface area contributed by atoms with Gasteiger partial charge in [0.25, 0.3) is 5.91 Å². The van der Waals surface area contributed by atoms with Crippen molar-refractivity contribution >= 4 is 17.5 Å². The number of carbonyl (C=O) groups excluding carboxylic acids is 2. The highest BCUT2D eigenvalue weighted by atomic mass is 16.2. The van der Waals surface area contributed by atoms with Gasteiger partial charge in [-0.05, 0) is 36.9 Å². The first kappa shape index (κ1) is 14.4. The third kappa shape index (κ3) is 2.76. The Bertz CT molecular complexity index is 673. The Labute approximate surface area is 129 Å². The first-order valence-corrected chi connectivity index (χ1v) is 7.18. The minimum atomic E-state index is -0.416. The van der Waals surface area contributed by atoms with E-state index in [0.717, 1.165) is 5.56 Å². The first-order chi connectivity index (χ1) is 10.7. The highest BCUT2D eigenvalue weighted by molar-refractivity contribution is 6.22. The Balaban J connectivity index is 1.76. The topological polar surface area (TPSA) is 53.5 Å². The van der Waals surface area contributed by atoms with Crippen molar-refractivity contribution in [3.05, 3.63) is 60.4 Å². The molecule has 22 heavy (non-hydrogen) atoms. The summed E-state index contributed by atoms with van der Waals surface area (Å²) in [5.41, 5.74) is 1.70. The maximum atomic E-state index is 12.6. The van der Waals surface area contributed by atoms with E-state index in [1.807, 2.05) is 42.3 Å². The molecule has 2 aromatic rings. The smallest absolute Gasteiger partial charge is 0.251 e. The second kappa shape index (κ2) is 6.07. The van der Waals surface area contributed by atoms with Crippen molar-refractivity contribution in [2.24, 2.45) is 0 Å². The molecule has 1 atom stereocenters. The summed E-state index contributed by atoms with van der Waals surface area (Å²) >= 11 is 0. The predicted octanol–water partition coefficient (Wildman–Crippen LogP) is 1.85. The van der Waals surface area contributed by atoms with Gasteiger partial charge in [0.05, 0.1) is 18.2 Å². The van der Waals surface area contributed by atoms with Crippen molar-refractivity contribution in [2.45, 2.75) is 19.0 Å². The summed E-state index contributed by atoms with van der Waals surface area (Å²) < 4.78 is 0. The molecular formula is C17H17N3O2. The maximum absolute atomic E-state index is 12.6. The standard InChI is InChI=1S/C17H17N3O2/c1-19(12-13-7-9-18-10-8-13)15-11-16(21)20(17(15)22)14-5-3-2-4-6-14/h2-10,15H,11-12H2,1H3/t15-/m0/s1. The van der Waals surface area contributed by atoms with Gasteiger partial charge in [-0.25, -0.2) is 4.90 Å². The molecule has 2 amide bonds. The SMILES string of the molecule is CN(Cc1ccncc1)[C@H]1CC(=O)N(c2ccccc2)C1=O. The summed E-state index contributed by atoms with van der Waals surface area (Å²) in [5, 5.41) is 0. The number of nitrogens with zero attached hydrogens (tertiary/aromatic N) is 3. The monoisotopic (exact) mass is 295 g/mol. The van der Waals surface area contributed by atoms with Crippen LogP contribution in [0.4, 0.5) is 5.69 Å². The lowest BCUT2D eigenvalue weighted by molar-refractivity contribution is -0.122. The van der Waals surface area contributed by atoms with Crippen molar-refractivity contribution < 1.29 is 9.59 Å². The zero-order valence-corrected chi connectivity index (χ0v) is 12.3. The van der Waals surface area contributed by atoms with Crippen molar-refractivity contribution in [1.29, 1.82) is 0 Å². The van der Waals surface area contributed by atoms with Crippen LogP contribution in [0.5, 0.6) is 0 Å². The van der Waals surface area contributed by atoms with Gasteiger partial charge in [0, 0.05) is 18.9 Å². The molecule has 3 rings (SSSR count). The van der Waals surface area contributed by atoms with Gasteiger partial charge in [0.2, 0.25) is 5.91 Å². The van der Waals surface area contributed by atoms with E-state index >= 15 is 0 Å². The number of benzene rings is 1. The van der Waals surface area contributed by atoms with E-state index in [-0.39, 0.29) is 18.2 Å². The largest absolute Gasteiger partial charge is 0.290 e. The molecule has 2 heterocycles. The highest BCUT2D eigenvalue weighted by Crippen LogP contribution is 2.25. The Morgan fingerprint density at radius 3 is 2.50 bits per heavy atom. The van der Waals surface area contributed by atoms with E-state index in [0.29, 0.717) is 12.2 Å². The highest BCUT2D eigenvalue weighted by Gasteiger charge is 2.41. The zero-order chi connectivity index (χ0) is 15.5. The predicted molar refractivity (Wildman–Crippen MR) is 83.0 cm³/mol. The van der Waals surface area contributed by atoms with E-state index in [2.05, 4.69) is 4.98 Å². The molecule has 0 N–H and O–H groups in total. The Hall–Kier alpha value is -2.53. The van der Waals surface area contributed by atoms with E-state index < -0.39 is 6.04 Å². The molecule has 1 aliphatic rings. The number of rotatable bonds is 4. The van der Waals surface area contributed by atoms with Gasteiger partial charge in [0.1, 0.15) is 0 Å².